The normalized spacial score (nSPS) is 18.5. The van der Waals surface area contributed by atoms with Crippen LogP contribution in [0.2, 0.25) is 0 Å². The number of aliphatic hydroxyl groups is 2. The summed E-state index contributed by atoms with van der Waals surface area (Å²) in [4.78, 5) is 51.1. The SMILES string of the molecule is CC/C=C\C/C=C\C/C=C\CCCCCCCC(=O)OCC(COC1OC(C(=O)O)C(O)C(O)C1OC(=O)CCCCCCCCCCCCCCCCC)OC(=O)CCCCCCC/C=C\C/C=C\CCCCC. The van der Waals surface area contributed by atoms with Gasteiger partial charge in [-0.1, -0.05) is 223 Å². The smallest absolute Gasteiger partial charge is 0.335 e. The minimum atomic E-state index is -1.91. The molecule has 6 unspecified atom stereocenters. The Morgan fingerprint density at radius 2 is 0.840 bits per heavy atom. The molecular formula is C63H108O12. The molecule has 1 saturated heterocycles. The summed E-state index contributed by atoms with van der Waals surface area (Å²) in [7, 11) is 0. The number of hydrogen-bond acceptors (Lipinski definition) is 11. The molecule has 1 fully saturated rings. The number of carboxylic acid groups (broad SMARTS) is 1. The van der Waals surface area contributed by atoms with E-state index in [0.717, 1.165) is 122 Å². The van der Waals surface area contributed by atoms with Gasteiger partial charge in [0.05, 0.1) is 6.61 Å². The second-order valence-corrected chi connectivity index (χ2v) is 20.6. The molecule has 75 heavy (non-hydrogen) atoms. The van der Waals surface area contributed by atoms with Crippen LogP contribution >= 0.6 is 0 Å². The molecule has 1 rings (SSSR count). The van der Waals surface area contributed by atoms with Crippen molar-refractivity contribution in [2.24, 2.45) is 0 Å². The topological polar surface area (TPSA) is 175 Å². The minimum Gasteiger partial charge on any atom is -0.479 e. The van der Waals surface area contributed by atoms with Crippen molar-refractivity contribution >= 4 is 23.9 Å². The van der Waals surface area contributed by atoms with E-state index in [2.05, 4.69) is 81.5 Å². The average Bonchev–Trinajstić information content (AvgIpc) is 3.39. The molecule has 0 aliphatic carbocycles. The Hall–Kier alpha value is -3.58. The lowest BCUT2D eigenvalue weighted by Gasteiger charge is -2.40. The van der Waals surface area contributed by atoms with Crippen LogP contribution in [0.5, 0.6) is 0 Å². The van der Waals surface area contributed by atoms with Crippen LogP contribution in [0, 0.1) is 0 Å². The van der Waals surface area contributed by atoms with Gasteiger partial charge < -0.3 is 39.0 Å². The molecule has 0 aromatic heterocycles. The Bertz CT molecular complexity index is 1540. The summed E-state index contributed by atoms with van der Waals surface area (Å²) in [5.41, 5.74) is 0. The molecule has 0 aromatic rings. The highest BCUT2D eigenvalue weighted by Crippen LogP contribution is 2.26. The summed E-state index contributed by atoms with van der Waals surface area (Å²) in [6.45, 7) is 5.84. The van der Waals surface area contributed by atoms with Gasteiger partial charge in [-0.25, -0.2) is 4.79 Å². The van der Waals surface area contributed by atoms with Crippen LogP contribution in [0.3, 0.4) is 0 Å². The Kier molecular flexibility index (Phi) is 47.4. The second kappa shape index (κ2) is 51.2. The molecule has 6 atom stereocenters. The van der Waals surface area contributed by atoms with Gasteiger partial charge in [0.2, 0.25) is 0 Å². The summed E-state index contributed by atoms with van der Waals surface area (Å²) in [6.07, 6.45) is 50.4. The quantitative estimate of drug-likeness (QED) is 0.0228. The largest absolute Gasteiger partial charge is 0.479 e. The van der Waals surface area contributed by atoms with Crippen LogP contribution < -0.4 is 0 Å². The Balaban J connectivity index is 2.70. The highest BCUT2D eigenvalue weighted by molar-refractivity contribution is 5.74. The van der Waals surface area contributed by atoms with Gasteiger partial charge in [-0.2, -0.15) is 0 Å². The van der Waals surface area contributed by atoms with Crippen LogP contribution in [0.1, 0.15) is 265 Å². The molecule has 1 heterocycles. The molecule has 0 saturated carbocycles. The number of aliphatic carboxylic acids is 1. The summed E-state index contributed by atoms with van der Waals surface area (Å²) in [5.74, 6) is -3.15. The fourth-order valence-electron chi connectivity index (χ4n) is 8.94. The number of rotatable bonds is 51. The van der Waals surface area contributed by atoms with Crippen LogP contribution in [0.4, 0.5) is 0 Å². The maximum absolute atomic E-state index is 13.1. The summed E-state index contributed by atoms with van der Waals surface area (Å²) < 4.78 is 28.4. The van der Waals surface area contributed by atoms with E-state index in [1.165, 1.54) is 83.5 Å². The van der Waals surface area contributed by atoms with E-state index in [-0.39, 0.29) is 25.9 Å². The molecule has 0 amide bonds. The maximum atomic E-state index is 13.1. The first kappa shape index (κ1) is 69.4. The highest BCUT2D eigenvalue weighted by atomic mass is 16.7. The van der Waals surface area contributed by atoms with Crippen molar-refractivity contribution in [1.82, 2.24) is 0 Å². The molecule has 0 spiro atoms. The Morgan fingerprint density at radius 3 is 1.31 bits per heavy atom. The van der Waals surface area contributed by atoms with Crippen molar-refractivity contribution in [3.63, 3.8) is 0 Å². The molecule has 12 heteroatoms. The van der Waals surface area contributed by atoms with Crippen LogP contribution in [0.25, 0.3) is 0 Å². The van der Waals surface area contributed by atoms with Crippen molar-refractivity contribution in [2.45, 2.75) is 302 Å². The minimum absolute atomic E-state index is 0.0597. The van der Waals surface area contributed by atoms with E-state index in [9.17, 15) is 34.5 Å². The highest BCUT2D eigenvalue weighted by Gasteiger charge is 2.50. The molecule has 432 valence electrons. The van der Waals surface area contributed by atoms with E-state index in [4.69, 9.17) is 23.7 Å². The number of aliphatic hydroxyl groups excluding tert-OH is 2. The third-order valence-electron chi connectivity index (χ3n) is 13.6. The molecule has 0 radical (unpaired) electrons. The Labute approximate surface area is 456 Å². The number of allylic oxidation sites excluding steroid dienone is 10. The van der Waals surface area contributed by atoms with E-state index in [1.54, 1.807) is 0 Å². The molecule has 3 N–H and O–H groups in total. The fraction of sp³-hybridized carbons (Fsp3) is 0.778. The third kappa shape index (κ3) is 41.2. The van der Waals surface area contributed by atoms with E-state index in [1.807, 2.05) is 0 Å². The number of ether oxygens (including phenoxy) is 5. The first-order valence-electron chi connectivity index (χ1n) is 30.3. The molecular weight excluding hydrogens is 949 g/mol. The summed E-state index contributed by atoms with van der Waals surface area (Å²) in [6, 6.07) is 0. The molecule has 1 aliphatic rings. The molecule has 0 bridgehead atoms. The maximum Gasteiger partial charge on any atom is 0.335 e. The van der Waals surface area contributed by atoms with Gasteiger partial charge in [0.15, 0.2) is 24.6 Å². The lowest BCUT2D eigenvalue weighted by molar-refractivity contribution is -0.301. The first-order valence-corrected chi connectivity index (χ1v) is 30.3. The van der Waals surface area contributed by atoms with Crippen molar-refractivity contribution < 1.29 is 58.2 Å². The van der Waals surface area contributed by atoms with E-state index in [0.29, 0.717) is 19.3 Å². The molecule has 12 nitrogen and oxygen atoms in total. The number of unbranched alkanes of at least 4 members (excludes halogenated alkanes) is 27. The molecule has 0 aromatic carbocycles. The first-order chi connectivity index (χ1) is 36.6. The van der Waals surface area contributed by atoms with Gasteiger partial charge in [-0.3, -0.25) is 14.4 Å². The molecule has 1 aliphatic heterocycles. The number of carbonyl (C=O) groups excluding carboxylic acids is 3. The summed E-state index contributed by atoms with van der Waals surface area (Å²) in [5, 5.41) is 31.5. The lowest BCUT2D eigenvalue weighted by Crippen LogP contribution is -2.61. The van der Waals surface area contributed by atoms with E-state index >= 15 is 0 Å². The predicted molar refractivity (Wildman–Crippen MR) is 303 cm³/mol. The monoisotopic (exact) mass is 1060 g/mol. The third-order valence-corrected chi connectivity index (χ3v) is 13.6. The van der Waals surface area contributed by atoms with Gasteiger partial charge in [0.25, 0.3) is 0 Å². The number of hydrogen-bond donors (Lipinski definition) is 3. The second-order valence-electron chi connectivity index (χ2n) is 20.6. The van der Waals surface area contributed by atoms with Gasteiger partial charge in [0, 0.05) is 19.3 Å². The average molecular weight is 1060 g/mol. The van der Waals surface area contributed by atoms with Gasteiger partial charge in [0.1, 0.15) is 18.8 Å². The lowest BCUT2D eigenvalue weighted by atomic mass is 9.98. The number of carboxylic acids is 1. The van der Waals surface area contributed by atoms with Gasteiger partial charge in [-0.15, -0.1) is 0 Å². The number of esters is 3. The zero-order valence-electron chi connectivity index (χ0n) is 47.5. The van der Waals surface area contributed by atoms with Crippen molar-refractivity contribution in [1.29, 1.82) is 0 Å². The zero-order chi connectivity index (χ0) is 54.7. The Morgan fingerprint density at radius 1 is 0.453 bits per heavy atom. The number of carbonyl (C=O) groups is 4. The summed E-state index contributed by atoms with van der Waals surface area (Å²) >= 11 is 0. The predicted octanol–water partition coefficient (Wildman–Crippen LogP) is 15.6. The van der Waals surface area contributed by atoms with Gasteiger partial charge >= 0.3 is 23.9 Å². The van der Waals surface area contributed by atoms with Crippen LogP contribution in [-0.2, 0) is 42.9 Å². The van der Waals surface area contributed by atoms with Gasteiger partial charge in [-0.05, 0) is 83.5 Å². The zero-order valence-corrected chi connectivity index (χ0v) is 47.5. The van der Waals surface area contributed by atoms with Crippen molar-refractivity contribution in [3.8, 4) is 0 Å². The standard InChI is InChI=1S/C63H108O12/c1-4-7-10-13-16-19-22-25-28-31-34-37-40-43-46-49-55(64)71-52-54(73-56(65)50-47-44-41-38-35-32-29-26-23-20-17-14-11-8-5-2)53-72-63-61(59(68)58(67)60(75-63)62(69)70)74-57(66)51-48-45-42-39-36-33-30-27-24-21-18-15-12-9-6-3/h7,10,16-17,19-20,25-26,28-29,54,58-61,63,67-68H,4-6,8-9,11-15,18,21-24,27,30-53H2,1-3H3,(H,69,70)/b10-7-,19-16-,20-17-,28-25-,29-26-. The van der Waals surface area contributed by atoms with Crippen molar-refractivity contribution in [3.05, 3.63) is 60.8 Å². The van der Waals surface area contributed by atoms with E-state index < -0.39 is 67.3 Å². The van der Waals surface area contributed by atoms with Crippen LogP contribution in [-0.4, -0.2) is 89.2 Å². The van der Waals surface area contributed by atoms with Crippen LogP contribution in [0.15, 0.2) is 60.8 Å². The van der Waals surface area contributed by atoms with Crippen molar-refractivity contribution in [2.75, 3.05) is 13.2 Å². The fourth-order valence-corrected chi connectivity index (χ4v) is 8.94.